The van der Waals surface area contributed by atoms with Crippen molar-refractivity contribution in [3.63, 3.8) is 0 Å². The molecule has 0 aliphatic heterocycles. The zero-order valence-electron chi connectivity index (χ0n) is 6.23. The van der Waals surface area contributed by atoms with Gasteiger partial charge in [0, 0.05) is 19.8 Å². The molecule has 0 amide bonds. The van der Waals surface area contributed by atoms with Crippen LogP contribution in [0, 0.1) is 0 Å². The second kappa shape index (κ2) is 3.53. The average Bonchev–Trinajstić information content (AvgIpc) is 1.69. The summed E-state index contributed by atoms with van der Waals surface area (Å²) in [5.74, 6) is 0. The summed E-state index contributed by atoms with van der Waals surface area (Å²) < 4.78 is 0. The number of nitrogens with zero attached hydrogens (tertiary/aromatic N) is 1. The summed E-state index contributed by atoms with van der Waals surface area (Å²) in [4.78, 5) is 2.14. The van der Waals surface area contributed by atoms with Crippen LogP contribution in [0.2, 0.25) is 0 Å². The van der Waals surface area contributed by atoms with Gasteiger partial charge in [-0.15, -0.1) is 0 Å². The molecule has 48 valence electrons. The zero-order chi connectivity index (χ0) is 6.57. The first kappa shape index (κ1) is 7.54. The van der Waals surface area contributed by atoms with Crippen molar-refractivity contribution in [3.8, 4) is 0 Å². The average molecular weight is 113 g/mol. The van der Waals surface area contributed by atoms with Gasteiger partial charge in [0.1, 0.15) is 0 Å². The largest absolute Gasteiger partial charge is 0.381 e. The van der Waals surface area contributed by atoms with Gasteiger partial charge in [0.15, 0.2) is 0 Å². The van der Waals surface area contributed by atoms with Crippen LogP contribution in [-0.2, 0) is 0 Å². The fraction of sp³-hybridized carbons (Fsp3) is 0.714. The molecule has 0 aromatic rings. The predicted molar refractivity (Wildman–Crippen MR) is 37.7 cm³/mol. The number of allylic oxidation sites excluding steroid dienone is 2. The minimum absolute atomic E-state index is 1.13. The molecule has 0 fully saturated rings. The van der Waals surface area contributed by atoms with Crippen LogP contribution in [0.4, 0.5) is 0 Å². The molecule has 1 nitrogen and oxygen atoms in total. The van der Waals surface area contributed by atoms with Gasteiger partial charge in [-0.1, -0.05) is 13.0 Å². The van der Waals surface area contributed by atoms with E-state index in [-0.39, 0.29) is 0 Å². The Morgan fingerprint density at radius 1 is 1.50 bits per heavy atom. The molecular formula is C7H15N. The molecule has 0 aromatic carbocycles. The first-order valence-electron chi connectivity index (χ1n) is 3.04. The van der Waals surface area contributed by atoms with Crippen LogP contribution in [0.25, 0.3) is 0 Å². The molecular weight excluding hydrogens is 98.1 g/mol. The summed E-state index contributed by atoms with van der Waals surface area (Å²) in [6, 6.07) is 0. The third-order valence-electron chi connectivity index (χ3n) is 1.27. The van der Waals surface area contributed by atoms with E-state index in [1.54, 1.807) is 0 Å². The molecule has 0 unspecified atom stereocenters. The fourth-order valence-electron chi connectivity index (χ4n) is 0.779. The molecule has 0 aliphatic rings. The van der Waals surface area contributed by atoms with E-state index in [2.05, 4.69) is 38.9 Å². The lowest BCUT2D eigenvalue weighted by Gasteiger charge is -2.13. The molecule has 0 aliphatic carbocycles. The maximum absolute atomic E-state index is 2.16. The van der Waals surface area contributed by atoms with Crippen molar-refractivity contribution in [2.75, 3.05) is 14.1 Å². The Kier molecular flexibility index (Phi) is 3.33. The molecule has 0 N–H and O–H groups in total. The van der Waals surface area contributed by atoms with Gasteiger partial charge in [-0.05, 0) is 13.3 Å². The minimum Gasteiger partial charge on any atom is -0.381 e. The van der Waals surface area contributed by atoms with Gasteiger partial charge in [-0.25, -0.2) is 0 Å². The maximum atomic E-state index is 2.16. The first-order chi connectivity index (χ1) is 3.72. The second-order valence-electron chi connectivity index (χ2n) is 2.03. The highest BCUT2D eigenvalue weighted by molar-refractivity contribution is 4.95. The van der Waals surface area contributed by atoms with Crippen LogP contribution in [0.1, 0.15) is 20.3 Å². The standard InChI is InChI=1S/C7H15N/c1-5-7(6-2)8(3)4/h5H,6H2,1-4H3. The van der Waals surface area contributed by atoms with Crippen molar-refractivity contribution < 1.29 is 0 Å². The minimum atomic E-state index is 1.13. The van der Waals surface area contributed by atoms with Crippen LogP contribution in [0.15, 0.2) is 11.8 Å². The Hall–Kier alpha value is -0.460. The lowest BCUT2D eigenvalue weighted by molar-refractivity contribution is 0.493. The van der Waals surface area contributed by atoms with Crippen LogP contribution in [0.5, 0.6) is 0 Å². The van der Waals surface area contributed by atoms with Crippen molar-refractivity contribution in [1.82, 2.24) is 4.90 Å². The first-order valence-corrected chi connectivity index (χ1v) is 3.04. The van der Waals surface area contributed by atoms with E-state index in [0.29, 0.717) is 0 Å². The van der Waals surface area contributed by atoms with Crippen molar-refractivity contribution >= 4 is 0 Å². The monoisotopic (exact) mass is 113 g/mol. The fourth-order valence-corrected chi connectivity index (χ4v) is 0.779. The zero-order valence-corrected chi connectivity index (χ0v) is 6.23. The molecule has 8 heavy (non-hydrogen) atoms. The van der Waals surface area contributed by atoms with Crippen LogP contribution in [-0.4, -0.2) is 19.0 Å². The molecule has 0 bridgehead atoms. The predicted octanol–water partition coefficient (Wildman–Crippen LogP) is 1.86. The number of rotatable bonds is 2. The molecule has 0 radical (unpaired) electrons. The van der Waals surface area contributed by atoms with Gasteiger partial charge < -0.3 is 4.90 Å². The van der Waals surface area contributed by atoms with Gasteiger partial charge in [-0.3, -0.25) is 0 Å². The van der Waals surface area contributed by atoms with Gasteiger partial charge in [-0.2, -0.15) is 0 Å². The second-order valence-corrected chi connectivity index (χ2v) is 2.03. The van der Waals surface area contributed by atoms with Crippen molar-refractivity contribution in [2.45, 2.75) is 20.3 Å². The van der Waals surface area contributed by atoms with E-state index in [1.165, 1.54) is 5.70 Å². The Labute approximate surface area is 52.0 Å². The summed E-state index contributed by atoms with van der Waals surface area (Å²) in [6.07, 6.45) is 3.27. The topological polar surface area (TPSA) is 3.24 Å². The molecule has 0 saturated carbocycles. The van der Waals surface area contributed by atoms with Crippen LogP contribution < -0.4 is 0 Å². The van der Waals surface area contributed by atoms with Crippen molar-refractivity contribution in [1.29, 1.82) is 0 Å². The van der Waals surface area contributed by atoms with E-state index in [1.807, 2.05) is 0 Å². The normalized spacial score (nSPS) is 11.8. The summed E-state index contributed by atoms with van der Waals surface area (Å²) in [5, 5.41) is 0. The Balaban J connectivity index is 3.72. The van der Waals surface area contributed by atoms with Gasteiger partial charge in [0.25, 0.3) is 0 Å². The van der Waals surface area contributed by atoms with E-state index < -0.39 is 0 Å². The lowest BCUT2D eigenvalue weighted by atomic mass is 10.3. The van der Waals surface area contributed by atoms with Crippen molar-refractivity contribution in [2.24, 2.45) is 0 Å². The molecule has 0 heterocycles. The maximum Gasteiger partial charge on any atom is 0.00813 e. The van der Waals surface area contributed by atoms with E-state index >= 15 is 0 Å². The summed E-state index contributed by atoms with van der Waals surface area (Å²) in [7, 11) is 4.14. The van der Waals surface area contributed by atoms with Crippen LogP contribution in [0.3, 0.4) is 0 Å². The molecule has 0 aromatic heterocycles. The highest BCUT2D eigenvalue weighted by atomic mass is 15.1. The van der Waals surface area contributed by atoms with Gasteiger partial charge in [0.05, 0.1) is 0 Å². The Morgan fingerprint density at radius 2 is 2.00 bits per heavy atom. The summed E-state index contributed by atoms with van der Waals surface area (Å²) in [6.45, 7) is 4.23. The third kappa shape index (κ3) is 2.01. The molecule has 0 spiro atoms. The molecule has 0 atom stereocenters. The van der Waals surface area contributed by atoms with E-state index in [9.17, 15) is 0 Å². The molecule has 1 heteroatoms. The highest BCUT2D eigenvalue weighted by Crippen LogP contribution is 2.01. The quantitative estimate of drug-likeness (QED) is 0.528. The van der Waals surface area contributed by atoms with Gasteiger partial charge in [0.2, 0.25) is 0 Å². The highest BCUT2D eigenvalue weighted by Gasteiger charge is 1.90. The smallest absolute Gasteiger partial charge is 0.00813 e. The summed E-state index contributed by atoms with van der Waals surface area (Å²) in [5.41, 5.74) is 1.39. The lowest BCUT2D eigenvalue weighted by Crippen LogP contribution is -2.09. The Bertz CT molecular complexity index is 82.4. The third-order valence-corrected chi connectivity index (χ3v) is 1.27. The van der Waals surface area contributed by atoms with E-state index in [0.717, 1.165) is 6.42 Å². The molecule has 0 rings (SSSR count). The SMILES string of the molecule is CC=C(CC)N(C)C. The Morgan fingerprint density at radius 3 is 2.00 bits per heavy atom. The van der Waals surface area contributed by atoms with Gasteiger partial charge >= 0.3 is 0 Å². The van der Waals surface area contributed by atoms with Crippen LogP contribution >= 0.6 is 0 Å². The number of hydrogen-bond donors (Lipinski definition) is 0. The number of hydrogen-bond acceptors (Lipinski definition) is 1. The summed E-state index contributed by atoms with van der Waals surface area (Å²) >= 11 is 0. The van der Waals surface area contributed by atoms with E-state index in [4.69, 9.17) is 0 Å². The molecule has 0 saturated heterocycles. The van der Waals surface area contributed by atoms with Crippen molar-refractivity contribution in [3.05, 3.63) is 11.8 Å².